The largest absolute Gasteiger partial charge is 0.408 e. The molecule has 0 radical (unpaired) electrons. The predicted molar refractivity (Wildman–Crippen MR) is 52.3 cm³/mol. The minimum atomic E-state index is 0.513. The molecule has 13 heavy (non-hydrogen) atoms. The standard InChI is InChI=1S/C8H14ClN3O/c1-3-6-12(2)8-11-10-7(13-8)4-5-9/h3-6H2,1-2H3. The number of halogens is 1. The van der Waals surface area contributed by atoms with Crippen LogP contribution in [0.3, 0.4) is 0 Å². The van der Waals surface area contributed by atoms with Crippen LogP contribution in [0.4, 0.5) is 6.01 Å². The van der Waals surface area contributed by atoms with Crippen LogP contribution < -0.4 is 4.90 Å². The number of aromatic nitrogens is 2. The zero-order chi connectivity index (χ0) is 9.68. The number of rotatable bonds is 5. The molecular weight excluding hydrogens is 190 g/mol. The van der Waals surface area contributed by atoms with E-state index in [0.29, 0.717) is 24.2 Å². The molecule has 5 heteroatoms. The maximum absolute atomic E-state index is 5.54. The van der Waals surface area contributed by atoms with E-state index < -0.39 is 0 Å². The van der Waals surface area contributed by atoms with Crippen molar-refractivity contribution in [2.75, 3.05) is 24.4 Å². The summed E-state index contributed by atoms with van der Waals surface area (Å²) >= 11 is 5.54. The molecule has 0 spiro atoms. The Hall–Kier alpha value is -0.770. The van der Waals surface area contributed by atoms with Crippen LogP contribution in [-0.2, 0) is 6.42 Å². The summed E-state index contributed by atoms with van der Waals surface area (Å²) in [4.78, 5) is 1.94. The molecule has 0 aromatic carbocycles. The van der Waals surface area contributed by atoms with E-state index in [9.17, 15) is 0 Å². The Labute approximate surface area is 82.9 Å². The van der Waals surface area contributed by atoms with Crippen molar-refractivity contribution in [1.29, 1.82) is 0 Å². The van der Waals surface area contributed by atoms with Crippen molar-refractivity contribution < 1.29 is 4.42 Å². The molecule has 0 saturated heterocycles. The lowest BCUT2D eigenvalue weighted by molar-refractivity contribution is 0.495. The van der Waals surface area contributed by atoms with Gasteiger partial charge in [-0.3, -0.25) is 0 Å². The van der Waals surface area contributed by atoms with Gasteiger partial charge in [-0.2, -0.15) is 0 Å². The van der Waals surface area contributed by atoms with Gasteiger partial charge in [0.05, 0.1) is 0 Å². The highest BCUT2D eigenvalue weighted by Crippen LogP contribution is 2.10. The molecule has 1 rings (SSSR count). The van der Waals surface area contributed by atoms with Crippen LogP contribution in [0.1, 0.15) is 19.2 Å². The predicted octanol–water partition coefficient (Wildman–Crippen LogP) is 1.70. The molecule has 0 aliphatic carbocycles. The van der Waals surface area contributed by atoms with Crippen molar-refractivity contribution in [1.82, 2.24) is 10.2 Å². The average molecular weight is 204 g/mol. The van der Waals surface area contributed by atoms with E-state index in [1.165, 1.54) is 0 Å². The summed E-state index contributed by atoms with van der Waals surface area (Å²) in [5.41, 5.74) is 0. The molecule has 0 unspecified atom stereocenters. The summed E-state index contributed by atoms with van der Waals surface area (Å²) in [6, 6.07) is 0.571. The summed E-state index contributed by atoms with van der Waals surface area (Å²) in [6.45, 7) is 3.02. The van der Waals surface area contributed by atoms with Gasteiger partial charge in [-0.15, -0.1) is 16.7 Å². The van der Waals surface area contributed by atoms with E-state index in [0.717, 1.165) is 13.0 Å². The highest BCUT2D eigenvalue weighted by Gasteiger charge is 2.08. The minimum absolute atomic E-state index is 0.513. The third-order valence-corrected chi connectivity index (χ3v) is 1.84. The lowest BCUT2D eigenvalue weighted by Gasteiger charge is -2.10. The van der Waals surface area contributed by atoms with Gasteiger partial charge >= 0.3 is 6.01 Å². The van der Waals surface area contributed by atoms with Gasteiger partial charge in [-0.25, -0.2) is 0 Å². The maximum Gasteiger partial charge on any atom is 0.317 e. The van der Waals surface area contributed by atoms with Gasteiger partial charge in [-0.1, -0.05) is 12.0 Å². The third-order valence-electron chi connectivity index (χ3n) is 1.65. The van der Waals surface area contributed by atoms with Crippen molar-refractivity contribution in [2.24, 2.45) is 0 Å². The van der Waals surface area contributed by atoms with E-state index in [4.69, 9.17) is 16.0 Å². The molecule has 0 saturated carbocycles. The minimum Gasteiger partial charge on any atom is -0.408 e. The van der Waals surface area contributed by atoms with Crippen LogP contribution in [0.2, 0.25) is 0 Å². The number of hydrogen-bond donors (Lipinski definition) is 0. The smallest absolute Gasteiger partial charge is 0.317 e. The van der Waals surface area contributed by atoms with Crippen LogP contribution in [-0.4, -0.2) is 29.7 Å². The summed E-state index contributed by atoms with van der Waals surface area (Å²) in [7, 11) is 1.93. The second-order valence-electron chi connectivity index (χ2n) is 2.84. The number of nitrogens with zero attached hydrogens (tertiary/aromatic N) is 3. The first kappa shape index (κ1) is 10.3. The zero-order valence-electron chi connectivity index (χ0n) is 7.96. The summed E-state index contributed by atoms with van der Waals surface area (Å²) in [5.74, 6) is 1.12. The van der Waals surface area contributed by atoms with Gasteiger partial charge in [0.2, 0.25) is 5.89 Å². The van der Waals surface area contributed by atoms with Gasteiger partial charge in [0, 0.05) is 25.9 Å². The number of aryl methyl sites for hydroxylation is 1. The average Bonchev–Trinajstić information content (AvgIpc) is 2.54. The Bertz CT molecular complexity index is 251. The lowest BCUT2D eigenvalue weighted by Crippen LogP contribution is -2.17. The summed E-state index contributed by atoms with van der Waals surface area (Å²) in [6.07, 6.45) is 1.69. The Balaban J connectivity index is 2.56. The first-order chi connectivity index (χ1) is 6.27. The molecule has 0 bridgehead atoms. The first-order valence-corrected chi connectivity index (χ1v) is 4.90. The second-order valence-corrected chi connectivity index (χ2v) is 3.22. The van der Waals surface area contributed by atoms with Crippen LogP contribution in [0.25, 0.3) is 0 Å². The molecule has 0 amide bonds. The van der Waals surface area contributed by atoms with Crippen molar-refractivity contribution in [3.05, 3.63) is 5.89 Å². The van der Waals surface area contributed by atoms with Crippen molar-refractivity contribution in [3.8, 4) is 0 Å². The normalized spacial score (nSPS) is 10.4. The Morgan fingerprint density at radius 3 is 2.85 bits per heavy atom. The SMILES string of the molecule is CCCN(C)c1nnc(CCCl)o1. The van der Waals surface area contributed by atoms with E-state index in [1.807, 2.05) is 11.9 Å². The van der Waals surface area contributed by atoms with Gasteiger partial charge in [0.1, 0.15) is 0 Å². The lowest BCUT2D eigenvalue weighted by atomic mass is 10.4. The van der Waals surface area contributed by atoms with Gasteiger partial charge in [0.25, 0.3) is 0 Å². The molecule has 74 valence electrons. The molecule has 4 nitrogen and oxygen atoms in total. The molecule has 0 aliphatic rings. The fourth-order valence-electron chi connectivity index (χ4n) is 1.01. The zero-order valence-corrected chi connectivity index (χ0v) is 8.71. The van der Waals surface area contributed by atoms with E-state index >= 15 is 0 Å². The molecule has 0 N–H and O–H groups in total. The Kier molecular flexibility index (Phi) is 4.02. The first-order valence-electron chi connectivity index (χ1n) is 4.37. The van der Waals surface area contributed by atoms with Crippen molar-refractivity contribution in [3.63, 3.8) is 0 Å². The van der Waals surface area contributed by atoms with Crippen LogP contribution in [0, 0.1) is 0 Å². The molecule has 0 atom stereocenters. The highest BCUT2D eigenvalue weighted by molar-refractivity contribution is 6.17. The third kappa shape index (κ3) is 2.88. The van der Waals surface area contributed by atoms with Crippen molar-refractivity contribution >= 4 is 17.6 Å². The van der Waals surface area contributed by atoms with Gasteiger partial charge in [-0.05, 0) is 6.42 Å². The maximum atomic E-state index is 5.54. The fraction of sp³-hybridized carbons (Fsp3) is 0.750. The number of hydrogen-bond acceptors (Lipinski definition) is 4. The van der Waals surface area contributed by atoms with Crippen molar-refractivity contribution in [2.45, 2.75) is 19.8 Å². The molecule has 0 fully saturated rings. The monoisotopic (exact) mass is 203 g/mol. The van der Waals surface area contributed by atoms with Crippen LogP contribution >= 0.6 is 11.6 Å². The van der Waals surface area contributed by atoms with Crippen LogP contribution in [0.15, 0.2) is 4.42 Å². The Morgan fingerprint density at radius 1 is 1.46 bits per heavy atom. The second kappa shape index (κ2) is 5.07. The molecule has 1 aromatic heterocycles. The van der Waals surface area contributed by atoms with E-state index in [1.54, 1.807) is 0 Å². The van der Waals surface area contributed by atoms with Gasteiger partial charge in [0.15, 0.2) is 0 Å². The molecule has 1 aromatic rings. The number of anilines is 1. The molecule has 0 aliphatic heterocycles. The topological polar surface area (TPSA) is 42.2 Å². The molecular formula is C8H14ClN3O. The van der Waals surface area contributed by atoms with E-state index in [2.05, 4.69) is 17.1 Å². The number of alkyl halides is 1. The summed E-state index contributed by atoms with van der Waals surface area (Å²) < 4.78 is 5.36. The van der Waals surface area contributed by atoms with Gasteiger partial charge < -0.3 is 9.32 Å². The molecule has 1 heterocycles. The van der Waals surface area contributed by atoms with E-state index in [-0.39, 0.29) is 0 Å². The highest BCUT2D eigenvalue weighted by atomic mass is 35.5. The van der Waals surface area contributed by atoms with Crippen LogP contribution in [0.5, 0.6) is 0 Å². The quantitative estimate of drug-likeness (QED) is 0.684. The Morgan fingerprint density at radius 2 is 2.23 bits per heavy atom. The summed E-state index contributed by atoms with van der Waals surface area (Å²) in [5, 5.41) is 7.77. The fourth-order valence-corrected chi connectivity index (χ4v) is 1.17.